The molecule has 0 saturated carbocycles. The molecule has 0 aliphatic carbocycles. The van der Waals surface area contributed by atoms with Gasteiger partial charge in [-0.2, -0.15) is 4.31 Å². The van der Waals surface area contributed by atoms with E-state index >= 15 is 0 Å². The molecule has 0 aromatic heterocycles. The number of carbonyl (C=O) groups is 1. The van der Waals surface area contributed by atoms with E-state index in [4.69, 9.17) is 5.73 Å². The Balaban J connectivity index is 0.00000392. The molecular formula is C20H34ClN3O3S. The highest BCUT2D eigenvalue weighted by molar-refractivity contribution is 7.89. The minimum absolute atomic E-state index is 0. The lowest BCUT2D eigenvalue weighted by Crippen LogP contribution is -2.49. The SMILES string of the molecule is CCN(CC)S(=O)(=O)c1ccc(CCC(=O)N2CCC(C)CC2CN)cc1.Cl. The number of nitrogens with zero attached hydrogens (tertiary/aromatic N) is 2. The van der Waals surface area contributed by atoms with Crippen LogP contribution in [0.1, 0.15) is 45.6 Å². The smallest absolute Gasteiger partial charge is 0.243 e. The molecule has 1 fully saturated rings. The Morgan fingerprint density at radius 2 is 1.82 bits per heavy atom. The average molecular weight is 432 g/mol. The Morgan fingerprint density at radius 1 is 1.21 bits per heavy atom. The van der Waals surface area contributed by atoms with E-state index in [1.807, 2.05) is 30.9 Å². The summed E-state index contributed by atoms with van der Waals surface area (Å²) in [7, 11) is -3.44. The quantitative estimate of drug-likeness (QED) is 0.685. The minimum atomic E-state index is -3.44. The van der Waals surface area contributed by atoms with Gasteiger partial charge in [0.15, 0.2) is 0 Å². The molecule has 0 radical (unpaired) electrons. The fourth-order valence-corrected chi connectivity index (χ4v) is 5.20. The highest BCUT2D eigenvalue weighted by Gasteiger charge is 2.28. The molecule has 1 aliphatic heterocycles. The lowest BCUT2D eigenvalue weighted by atomic mass is 9.92. The third-order valence-electron chi connectivity index (χ3n) is 5.46. The van der Waals surface area contributed by atoms with Crippen molar-refractivity contribution >= 4 is 28.3 Å². The van der Waals surface area contributed by atoms with E-state index < -0.39 is 10.0 Å². The Labute approximate surface area is 175 Å². The first-order valence-electron chi connectivity index (χ1n) is 9.92. The van der Waals surface area contributed by atoms with Crippen molar-refractivity contribution in [3.05, 3.63) is 29.8 Å². The Kier molecular flexibility index (Phi) is 9.90. The van der Waals surface area contributed by atoms with Gasteiger partial charge in [0, 0.05) is 38.6 Å². The Morgan fingerprint density at radius 3 is 2.36 bits per heavy atom. The minimum Gasteiger partial charge on any atom is -0.338 e. The van der Waals surface area contributed by atoms with E-state index in [9.17, 15) is 13.2 Å². The molecule has 2 unspecified atom stereocenters. The van der Waals surface area contributed by atoms with Gasteiger partial charge in [0.25, 0.3) is 0 Å². The highest BCUT2D eigenvalue weighted by Crippen LogP contribution is 2.23. The van der Waals surface area contributed by atoms with Crippen molar-refractivity contribution in [3.63, 3.8) is 0 Å². The standard InChI is InChI=1S/C20H33N3O3S.ClH/c1-4-22(5-2)27(25,26)19-9-6-17(7-10-19)8-11-20(24)23-13-12-16(3)14-18(23)15-21;/h6-7,9-10,16,18H,4-5,8,11-15,21H2,1-3H3;1H. The van der Waals surface area contributed by atoms with E-state index in [0.717, 1.165) is 24.9 Å². The molecule has 0 bridgehead atoms. The van der Waals surface area contributed by atoms with Crippen LogP contribution < -0.4 is 5.73 Å². The van der Waals surface area contributed by atoms with E-state index in [1.54, 1.807) is 12.1 Å². The molecule has 1 heterocycles. The number of aryl methyl sites for hydroxylation is 1. The lowest BCUT2D eigenvalue weighted by molar-refractivity contribution is -0.135. The first-order valence-corrected chi connectivity index (χ1v) is 11.4. The van der Waals surface area contributed by atoms with Crippen LogP contribution in [0, 0.1) is 5.92 Å². The fraction of sp³-hybridized carbons (Fsp3) is 0.650. The van der Waals surface area contributed by atoms with Crippen LogP contribution in [0.2, 0.25) is 0 Å². The maximum absolute atomic E-state index is 12.6. The number of likely N-dealkylation sites (tertiary alicyclic amines) is 1. The summed E-state index contributed by atoms with van der Waals surface area (Å²) < 4.78 is 26.5. The summed E-state index contributed by atoms with van der Waals surface area (Å²) in [4.78, 5) is 14.8. The van der Waals surface area contributed by atoms with Crippen LogP contribution in [-0.4, -0.2) is 55.8 Å². The van der Waals surface area contributed by atoms with Crippen molar-refractivity contribution in [2.75, 3.05) is 26.2 Å². The highest BCUT2D eigenvalue weighted by atomic mass is 35.5. The molecule has 160 valence electrons. The predicted octanol–water partition coefficient (Wildman–Crippen LogP) is 2.66. The second-order valence-electron chi connectivity index (χ2n) is 7.34. The van der Waals surface area contributed by atoms with E-state index in [0.29, 0.717) is 43.3 Å². The zero-order chi connectivity index (χ0) is 20.0. The van der Waals surface area contributed by atoms with Crippen molar-refractivity contribution in [1.29, 1.82) is 0 Å². The van der Waals surface area contributed by atoms with E-state index in [2.05, 4.69) is 6.92 Å². The van der Waals surface area contributed by atoms with Gasteiger partial charge in [-0.3, -0.25) is 4.79 Å². The Hall–Kier alpha value is -1.15. The van der Waals surface area contributed by atoms with Crippen molar-refractivity contribution in [2.45, 2.75) is 57.4 Å². The third kappa shape index (κ3) is 5.92. The summed E-state index contributed by atoms with van der Waals surface area (Å²) in [6.45, 7) is 8.06. The van der Waals surface area contributed by atoms with E-state index in [-0.39, 0.29) is 24.4 Å². The number of hydrogen-bond acceptors (Lipinski definition) is 4. The molecule has 28 heavy (non-hydrogen) atoms. The van der Waals surface area contributed by atoms with Gasteiger partial charge in [-0.05, 0) is 42.9 Å². The van der Waals surface area contributed by atoms with Crippen LogP contribution >= 0.6 is 12.4 Å². The summed E-state index contributed by atoms with van der Waals surface area (Å²) >= 11 is 0. The first-order chi connectivity index (χ1) is 12.8. The Bertz CT molecular complexity index is 721. The number of carbonyl (C=O) groups excluding carboxylic acids is 1. The number of piperidine rings is 1. The number of benzene rings is 1. The summed E-state index contributed by atoms with van der Waals surface area (Å²) in [5.74, 6) is 0.750. The molecule has 1 aromatic rings. The van der Waals surface area contributed by atoms with Gasteiger partial charge in [0.2, 0.25) is 15.9 Å². The van der Waals surface area contributed by atoms with Crippen molar-refractivity contribution in [3.8, 4) is 0 Å². The molecule has 1 amide bonds. The van der Waals surface area contributed by atoms with Gasteiger partial charge in [0.1, 0.15) is 0 Å². The molecule has 2 atom stereocenters. The van der Waals surface area contributed by atoms with Crippen LogP contribution in [0.5, 0.6) is 0 Å². The first kappa shape index (κ1) is 24.9. The van der Waals surface area contributed by atoms with Gasteiger partial charge in [0.05, 0.1) is 4.90 Å². The molecule has 6 nitrogen and oxygen atoms in total. The van der Waals surface area contributed by atoms with Crippen LogP contribution in [0.15, 0.2) is 29.2 Å². The zero-order valence-corrected chi connectivity index (χ0v) is 18.8. The fourth-order valence-electron chi connectivity index (χ4n) is 3.74. The van der Waals surface area contributed by atoms with Gasteiger partial charge in [-0.25, -0.2) is 8.42 Å². The second-order valence-corrected chi connectivity index (χ2v) is 9.28. The number of rotatable bonds is 8. The molecule has 8 heteroatoms. The molecule has 1 aromatic carbocycles. The lowest BCUT2D eigenvalue weighted by Gasteiger charge is -2.38. The molecule has 0 spiro atoms. The zero-order valence-electron chi connectivity index (χ0n) is 17.1. The summed E-state index contributed by atoms with van der Waals surface area (Å²) in [5.41, 5.74) is 6.82. The monoisotopic (exact) mass is 431 g/mol. The third-order valence-corrected chi connectivity index (χ3v) is 7.53. The number of amides is 1. The molecule has 1 aliphatic rings. The van der Waals surface area contributed by atoms with Gasteiger partial charge < -0.3 is 10.6 Å². The number of hydrogen-bond donors (Lipinski definition) is 1. The molecule has 2 N–H and O–H groups in total. The number of halogens is 1. The largest absolute Gasteiger partial charge is 0.338 e. The molecule has 1 saturated heterocycles. The second kappa shape index (κ2) is 11.1. The average Bonchev–Trinajstić information content (AvgIpc) is 2.67. The van der Waals surface area contributed by atoms with Crippen molar-refractivity contribution in [1.82, 2.24) is 9.21 Å². The van der Waals surface area contributed by atoms with Crippen LogP contribution in [0.25, 0.3) is 0 Å². The van der Waals surface area contributed by atoms with Crippen molar-refractivity contribution < 1.29 is 13.2 Å². The summed E-state index contributed by atoms with van der Waals surface area (Å²) in [6, 6.07) is 7.03. The van der Waals surface area contributed by atoms with Crippen LogP contribution in [-0.2, 0) is 21.2 Å². The van der Waals surface area contributed by atoms with Gasteiger partial charge in [-0.15, -0.1) is 12.4 Å². The predicted molar refractivity (Wildman–Crippen MR) is 115 cm³/mol. The maximum atomic E-state index is 12.6. The number of nitrogens with two attached hydrogens (primary N) is 1. The van der Waals surface area contributed by atoms with Crippen molar-refractivity contribution in [2.24, 2.45) is 11.7 Å². The summed E-state index contributed by atoms with van der Waals surface area (Å²) in [5, 5.41) is 0. The topological polar surface area (TPSA) is 83.7 Å². The van der Waals surface area contributed by atoms with Crippen LogP contribution in [0.3, 0.4) is 0 Å². The van der Waals surface area contributed by atoms with E-state index in [1.165, 1.54) is 4.31 Å². The normalized spacial score (nSPS) is 20.1. The molecular weight excluding hydrogens is 398 g/mol. The summed E-state index contributed by atoms with van der Waals surface area (Å²) in [6.07, 6.45) is 3.03. The maximum Gasteiger partial charge on any atom is 0.243 e. The van der Waals surface area contributed by atoms with Gasteiger partial charge in [-0.1, -0.05) is 32.9 Å². The van der Waals surface area contributed by atoms with Crippen LogP contribution in [0.4, 0.5) is 0 Å². The van der Waals surface area contributed by atoms with Gasteiger partial charge >= 0.3 is 0 Å². The number of sulfonamides is 1. The molecule has 2 rings (SSSR count).